The topological polar surface area (TPSA) is 150 Å². The summed E-state index contributed by atoms with van der Waals surface area (Å²) >= 11 is 1.93. The Kier molecular flexibility index (Phi) is 12.4. The largest absolute Gasteiger partial charge is 0.494 e. The van der Waals surface area contributed by atoms with Gasteiger partial charge < -0.3 is 25.1 Å². The summed E-state index contributed by atoms with van der Waals surface area (Å²) in [6, 6.07) is 6.45. The third-order valence-electron chi connectivity index (χ3n) is 13.7. The second-order valence-electron chi connectivity index (χ2n) is 18.0. The first kappa shape index (κ1) is 41.7. The van der Waals surface area contributed by atoms with Gasteiger partial charge in [-0.15, -0.1) is 0 Å². The number of amides is 2. The van der Waals surface area contributed by atoms with Crippen molar-refractivity contribution >= 4 is 53.5 Å². The molecular weight excluding hydrogens is 769 g/mol. The van der Waals surface area contributed by atoms with Gasteiger partial charge in [0, 0.05) is 113 Å². The SMILES string of the molecule is CC1CCCC1N1C(=O)C2(CC2)c2cnc(NC3CCN(SN4CC5(CN(CCCCOc6ccc7c(c6)n(C)c(=O)n7C(C)CCC=O)C5)C4)CC3)nc21.CNC=O. The molecule has 9 rings (SSSR count). The minimum absolute atomic E-state index is 0.0392. The number of aldehydes is 1. The number of ether oxygens (including phenoxy) is 1. The molecule has 0 radical (unpaired) electrons. The molecule has 2 amide bonds. The second kappa shape index (κ2) is 17.5. The highest BCUT2D eigenvalue weighted by atomic mass is 32.2. The molecule has 2 saturated carbocycles. The maximum Gasteiger partial charge on any atom is 0.329 e. The maximum atomic E-state index is 13.6. The van der Waals surface area contributed by atoms with Crippen LogP contribution in [0.4, 0.5) is 11.8 Å². The van der Waals surface area contributed by atoms with Gasteiger partial charge in [-0.25, -0.2) is 18.4 Å². The Morgan fingerprint density at radius 2 is 1.78 bits per heavy atom. The number of aromatic nitrogens is 4. The van der Waals surface area contributed by atoms with Crippen molar-refractivity contribution in [2.75, 3.05) is 69.7 Å². The number of hydrogen-bond acceptors (Lipinski definition) is 12. The number of rotatable bonds is 16. The summed E-state index contributed by atoms with van der Waals surface area (Å²) in [7, 11) is 3.36. The normalized spacial score (nSPS) is 24.0. The summed E-state index contributed by atoms with van der Waals surface area (Å²) in [4.78, 5) is 60.8. The number of imidazole rings is 1. The monoisotopic (exact) mass is 830 g/mol. The van der Waals surface area contributed by atoms with Crippen LogP contribution in [0.2, 0.25) is 0 Å². The maximum absolute atomic E-state index is 13.6. The molecular formula is C43H62N10O5S. The van der Waals surface area contributed by atoms with Gasteiger partial charge in [0.25, 0.3) is 0 Å². The molecule has 3 unspecified atom stereocenters. The molecule has 5 fully saturated rings. The van der Waals surface area contributed by atoms with Gasteiger partial charge in [-0.1, -0.05) is 13.3 Å². The number of benzene rings is 1. The van der Waals surface area contributed by atoms with E-state index in [-0.39, 0.29) is 29.1 Å². The van der Waals surface area contributed by atoms with E-state index in [9.17, 15) is 14.4 Å². The molecule has 320 valence electrons. The highest BCUT2D eigenvalue weighted by molar-refractivity contribution is 7.94. The summed E-state index contributed by atoms with van der Waals surface area (Å²) in [5.41, 5.74) is 2.86. The molecule has 4 aliphatic heterocycles. The van der Waals surface area contributed by atoms with Crippen LogP contribution in [0.3, 0.4) is 0 Å². The van der Waals surface area contributed by atoms with Crippen LogP contribution in [0, 0.1) is 11.3 Å². The van der Waals surface area contributed by atoms with Gasteiger partial charge in [0.05, 0.1) is 23.1 Å². The number of aryl methyl sites for hydroxylation is 1. The zero-order valence-corrected chi connectivity index (χ0v) is 36.1. The zero-order chi connectivity index (χ0) is 41.3. The Morgan fingerprint density at radius 1 is 1.02 bits per heavy atom. The highest BCUT2D eigenvalue weighted by Gasteiger charge is 2.62. The van der Waals surface area contributed by atoms with Crippen molar-refractivity contribution in [2.45, 2.75) is 108 Å². The molecule has 3 atom stereocenters. The molecule has 16 heteroatoms. The number of unbranched alkanes of at least 4 members (excludes halogenated alkanes) is 1. The lowest BCUT2D eigenvalue weighted by Gasteiger charge is -2.60. The number of nitrogens with zero attached hydrogens (tertiary/aromatic N) is 8. The van der Waals surface area contributed by atoms with Crippen LogP contribution in [-0.4, -0.2) is 123 Å². The minimum Gasteiger partial charge on any atom is -0.494 e. The molecule has 0 bridgehead atoms. The van der Waals surface area contributed by atoms with Crippen molar-refractivity contribution < 1.29 is 19.1 Å². The van der Waals surface area contributed by atoms with Gasteiger partial charge in [-0.05, 0) is 89.3 Å². The third-order valence-corrected chi connectivity index (χ3v) is 14.7. The Morgan fingerprint density at radius 3 is 2.46 bits per heavy atom. The molecule has 59 heavy (non-hydrogen) atoms. The molecule has 2 aromatic heterocycles. The van der Waals surface area contributed by atoms with Gasteiger partial charge in [0.2, 0.25) is 18.3 Å². The third kappa shape index (κ3) is 8.38. The van der Waals surface area contributed by atoms with E-state index in [2.05, 4.69) is 36.0 Å². The second-order valence-corrected chi connectivity index (χ2v) is 19.2. The van der Waals surface area contributed by atoms with Crippen LogP contribution in [0.15, 0.2) is 29.2 Å². The molecule has 1 aromatic carbocycles. The quantitative estimate of drug-likeness (QED) is 0.119. The van der Waals surface area contributed by atoms with Crippen molar-refractivity contribution in [2.24, 2.45) is 18.4 Å². The first-order valence-corrected chi connectivity index (χ1v) is 22.6. The van der Waals surface area contributed by atoms with E-state index in [1.165, 1.54) is 25.9 Å². The molecule has 2 N–H and O–H groups in total. The Hall–Kier alpha value is -3.99. The van der Waals surface area contributed by atoms with Crippen LogP contribution < -0.4 is 26.0 Å². The van der Waals surface area contributed by atoms with Crippen molar-refractivity contribution in [3.63, 3.8) is 0 Å². The first-order valence-electron chi connectivity index (χ1n) is 21.8. The predicted octanol–water partition coefficient (Wildman–Crippen LogP) is 4.52. The van der Waals surface area contributed by atoms with Crippen molar-refractivity contribution in [1.82, 2.24) is 37.9 Å². The van der Waals surface area contributed by atoms with Crippen LogP contribution >= 0.6 is 12.1 Å². The number of anilines is 2. The van der Waals surface area contributed by atoms with Crippen molar-refractivity contribution in [3.05, 3.63) is 40.4 Å². The van der Waals surface area contributed by atoms with Gasteiger partial charge in [-0.2, -0.15) is 4.98 Å². The Labute approximate surface area is 351 Å². The molecule has 6 heterocycles. The lowest BCUT2D eigenvalue weighted by Crippen LogP contribution is -2.70. The smallest absolute Gasteiger partial charge is 0.329 e. The standard InChI is InChI=1S/C41H57N9O4S.C2H5NO/c1-28-8-6-10-33(28)50-36-32(41(15-16-41)37(50)52)23-42-38(44-36)43-30-13-18-47(19-14-30)55-48-26-40(27-48)24-46(25-40)17-4-5-21-54-31-11-12-34-35(22-31)45(3)39(53)49(34)29(2)9-7-20-51;1-3-2-4/h11-12,20,22-23,28-30,33H,4-10,13-19,21,24-27H2,1-3H3,(H,42,43,44);2H,1H3,(H,3,4). The summed E-state index contributed by atoms with van der Waals surface area (Å²) in [6.45, 7) is 12.8. The van der Waals surface area contributed by atoms with Gasteiger partial charge in [0.15, 0.2) is 0 Å². The highest BCUT2D eigenvalue weighted by Crippen LogP contribution is 2.58. The average molecular weight is 831 g/mol. The molecule has 2 spiro atoms. The summed E-state index contributed by atoms with van der Waals surface area (Å²) < 4.78 is 14.6. The van der Waals surface area contributed by atoms with E-state index in [1.54, 1.807) is 23.2 Å². The van der Waals surface area contributed by atoms with Crippen molar-refractivity contribution in [1.29, 1.82) is 0 Å². The Balaban J connectivity index is 0.00000116. The zero-order valence-electron chi connectivity index (χ0n) is 35.2. The minimum atomic E-state index is -0.335. The summed E-state index contributed by atoms with van der Waals surface area (Å²) in [5.74, 6) is 3.14. The van der Waals surface area contributed by atoms with Crippen LogP contribution in [0.5, 0.6) is 5.75 Å². The number of fused-ring (bicyclic) bond motifs is 3. The van der Waals surface area contributed by atoms with E-state index >= 15 is 0 Å². The van der Waals surface area contributed by atoms with E-state index in [0.717, 1.165) is 112 Å². The number of carbonyl (C=O) groups is 3. The number of hydrogen-bond donors (Lipinski definition) is 2. The Bertz CT molecular complexity index is 2050. The van der Waals surface area contributed by atoms with Crippen LogP contribution in [0.1, 0.15) is 96.1 Å². The fraction of sp³-hybridized carbons (Fsp3) is 0.674. The molecule has 15 nitrogen and oxygen atoms in total. The first-order chi connectivity index (χ1) is 28.6. The van der Waals surface area contributed by atoms with Gasteiger partial charge >= 0.3 is 5.69 Å². The van der Waals surface area contributed by atoms with E-state index in [4.69, 9.17) is 19.5 Å². The fourth-order valence-electron chi connectivity index (χ4n) is 10.2. The lowest BCUT2D eigenvalue weighted by molar-refractivity contribution is -0.120. The predicted molar refractivity (Wildman–Crippen MR) is 231 cm³/mol. The summed E-state index contributed by atoms with van der Waals surface area (Å²) in [6.07, 6.45) is 14.1. The van der Waals surface area contributed by atoms with Crippen LogP contribution in [-0.2, 0) is 26.8 Å². The summed E-state index contributed by atoms with van der Waals surface area (Å²) in [5, 5.41) is 5.89. The fourth-order valence-corrected chi connectivity index (χ4v) is 11.6. The van der Waals surface area contributed by atoms with Gasteiger partial charge in [-0.3, -0.25) is 23.6 Å². The van der Waals surface area contributed by atoms with Crippen molar-refractivity contribution in [3.8, 4) is 5.75 Å². The number of piperidine rings is 1. The van der Waals surface area contributed by atoms with Crippen LogP contribution in [0.25, 0.3) is 11.0 Å². The number of carbonyl (C=O) groups excluding carboxylic acids is 3. The molecule has 6 aliphatic rings. The van der Waals surface area contributed by atoms with E-state index < -0.39 is 0 Å². The average Bonchev–Trinajstić information content (AvgIpc) is 3.79. The molecule has 3 aromatic rings. The lowest BCUT2D eigenvalue weighted by atomic mass is 9.74. The van der Waals surface area contributed by atoms with Gasteiger partial charge in [0.1, 0.15) is 17.9 Å². The molecule has 2 aliphatic carbocycles. The number of nitrogens with one attached hydrogen (secondary N) is 2. The number of likely N-dealkylation sites (tertiary alicyclic amines) is 1. The van der Waals surface area contributed by atoms with E-state index in [1.807, 2.05) is 43.5 Å². The molecule has 3 saturated heterocycles. The van der Waals surface area contributed by atoms with E-state index in [0.29, 0.717) is 49.2 Å².